The highest BCUT2D eigenvalue weighted by molar-refractivity contribution is 6.31. The van der Waals surface area contributed by atoms with Crippen molar-refractivity contribution in [1.29, 1.82) is 0 Å². The highest BCUT2D eigenvalue weighted by atomic mass is 35.5. The lowest BCUT2D eigenvalue weighted by Gasteiger charge is -2.20. The van der Waals surface area contributed by atoms with E-state index in [2.05, 4.69) is 15.4 Å². The predicted molar refractivity (Wildman–Crippen MR) is 72.1 cm³/mol. The van der Waals surface area contributed by atoms with Crippen LogP contribution in [0.5, 0.6) is 0 Å². The molecule has 1 fully saturated rings. The van der Waals surface area contributed by atoms with Gasteiger partial charge in [-0.2, -0.15) is 5.10 Å². The fourth-order valence-corrected chi connectivity index (χ4v) is 2.31. The number of hydrogen-bond donors (Lipinski definition) is 1. The molecule has 2 heterocycles. The maximum atomic E-state index is 13.4. The van der Waals surface area contributed by atoms with Crippen LogP contribution in [0, 0.1) is 5.82 Å². The monoisotopic (exact) mass is 296 g/mol. The highest BCUT2D eigenvalue weighted by Gasteiger charge is 2.19. The van der Waals surface area contributed by atoms with Gasteiger partial charge in [-0.1, -0.05) is 23.7 Å². The maximum Gasteiger partial charge on any atom is 0.169 e. The molecule has 1 aliphatic heterocycles. The van der Waals surface area contributed by atoms with E-state index in [0.29, 0.717) is 31.1 Å². The van der Waals surface area contributed by atoms with Gasteiger partial charge in [0.2, 0.25) is 0 Å². The third-order valence-corrected chi connectivity index (χ3v) is 3.57. The molecule has 2 aromatic rings. The lowest BCUT2D eigenvalue weighted by atomic mass is 10.2. The lowest BCUT2D eigenvalue weighted by molar-refractivity contribution is 0.0742. The number of nitrogens with zero attached hydrogens (tertiary/aromatic N) is 3. The van der Waals surface area contributed by atoms with Gasteiger partial charge in [-0.3, -0.25) is 0 Å². The van der Waals surface area contributed by atoms with Crippen molar-refractivity contribution in [3.8, 4) is 0 Å². The summed E-state index contributed by atoms with van der Waals surface area (Å²) in [6.07, 6.45) is 1.62. The van der Waals surface area contributed by atoms with Crippen molar-refractivity contribution in [3.63, 3.8) is 0 Å². The Morgan fingerprint density at radius 3 is 3.20 bits per heavy atom. The van der Waals surface area contributed by atoms with Crippen LogP contribution in [-0.4, -0.2) is 34.5 Å². The van der Waals surface area contributed by atoms with E-state index in [1.165, 1.54) is 6.07 Å². The Kier molecular flexibility index (Phi) is 3.95. The third-order valence-electron chi connectivity index (χ3n) is 3.15. The number of halogens is 2. The minimum atomic E-state index is -0.424. The number of benzene rings is 1. The first-order valence-electron chi connectivity index (χ1n) is 6.37. The molecule has 0 amide bonds. The van der Waals surface area contributed by atoms with Gasteiger partial charge >= 0.3 is 0 Å². The van der Waals surface area contributed by atoms with E-state index in [0.717, 1.165) is 6.54 Å². The summed E-state index contributed by atoms with van der Waals surface area (Å²) in [7, 11) is 0. The average molecular weight is 297 g/mol. The molecule has 3 rings (SSSR count). The molecular formula is C13H14ClFN4O. The first-order chi connectivity index (χ1) is 9.74. The van der Waals surface area contributed by atoms with Gasteiger partial charge in [-0.05, 0) is 11.6 Å². The first kappa shape index (κ1) is 13.5. The second-order valence-electron chi connectivity index (χ2n) is 4.59. The zero-order valence-electron chi connectivity index (χ0n) is 10.7. The second kappa shape index (κ2) is 5.87. The predicted octanol–water partition coefficient (Wildman–Crippen LogP) is 1.78. The molecule has 1 aromatic heterocycles. The molecule has 1 unspecified atom stereocenters. The Labute approximate surface area is 120 Å². The van der Waals surface area contributed by atoms with E-state index >= 15 is 0 Å². The van der Waals surface area contributed by atoms with E-state index in [9.17, 15) is 4.39 Å². The zero-order chi connectivity index (χ0) is 13.9. The van der Waals surface area contributed by atoms with Crippen molar-refractivity contribution in [2.45, 2.75) is 12.6 Å². The van der Waals surface area contributed by atoms with Gasteiger partial charge in [0.1, 0.15) is 12.1 Å². The number of ether oxygens (including phenoxy) is 1. The van der Waals surface area contributed by atoms with Crippen LogP contribution in [-0.2, 0) is 11.3 Å². The third kappa shape index (κ3) is 2.82. The van der Waals surface area contributed by atoms with Gasteiger partial charge < -0.3 is 10.1 Å². The van der Waals surface area contributed by atoms with Gasteiger partial charge in [0.05, 0.1) is 30.8 Å². The van der Waals surface area contributed by atoms with E-state index < -0.39 is 5.82 Å². The second-order valence-corrected chi connectivity index (χ2v) is 4.97. The number of morpholine rings is 1. The minimum Gasteiger partial charge on any atom is -0.378 e. The fourth-order valence-electron chi connectivity index (χ4n) is 2.12. The summed E-state index contributed by atoms with van der Waals surface area (Å²) in [6, 6.07) is 4.75. The van der Waals surface area contributed by atoms with Crippen molar-refractivity contribution < 1.29 is 9.13 Å². The minimum absolute atomic E-state index is 0.00739. The molecule has 0 saturated carbocycles. The van der Waals surface area contributed by atoms with Gasteiger partial charge in [0.15, 0.2) is 5.82 Å². The Morgan fingerprint density at radius 2 is 2.40 bits per heavy atom. The molecule has 7 heteroatoms. The van der Waals surface area contributed by atoms with Crippen LogP contribution in [0.15, 0.2) is 24.5 Å². The van der Waals surface area contributed by atoms with Crippen molar-refractivity contribution in [3.05, 3.63) is 46.8 Å². The Morgan fingerprint density at radius 1 is 1.50 bits per heavy atom. The van der Waals surface area contributed by atoms with Crippen LogP contribution in [0.3, 0.4) is 0 Å². The number of rotatable bonds is 3. The largest absolute Gasteiger partial charge is 0.378 e. The van der Waals surface area contributed by atoms with E-state index in [4.69, 9.17) is 16.3 Å². The molecule has 1 N–H and O–H groups in total. The smallest absolute Gasteiger partial charge is 0.169 e. The van der Waals surface area contributed by atoms with Crippen LogP contribution in [0.1, 0.15) is 17.4 Å². The molecule has 1 aromatic carbocycles. The van der Waals surface area contributed by atoms with Crippen LogP contribution < -0.4 is 5.32 Å². The number of nitrogens with one attached hydrogen (secondary N) is 1. The first-order valence-corrected chi connectivity index (χ1v) is 6.75. The van der Waals surface area contributed by atoms with Gasteiger partial charge in [-0.15, -0.1) is 0 Å². The van der Waals surface area contributed by atoms with Gasteiger partial charge in [0.25, 0.3) is 0 Å². The fraction of sp³-hybridized carbons (Fsp3) is 0.385. The van der Waals surface area contributed by atoms with Crippen molar-refractivity contribution in [2.75, 3.05) is 19.8 Å². The number of aromatic nitrogens is 3. The lowest BCUT2D eigenvalue weighted by Crippen LogP contribution is -2.35. The van der Waals surface area contributed by atoms with Crippen LogP contribution in [0.25, 0.3) is 0 Å². The Hall–Kier alpha value is -1.50. The topological polar surface area (TPSA) is 52.0 Å². The summed E-state index contributed by atoms with van der Waals surface area (Å²) in [4.78, 5) is 4.26. The molecule has 0 aliphatic carbocycles. The number of hydrogen-bond acceptors (Lipinski definition) is 4. The van der Waals surface area contributed by atoms with Crippen molar-refractivity contribution >= 4 is 11.6 Å². The van der Waals surface area contributed by atoms with Crippen LogP contribution >= 0.6 is 11.6 Å². The van der Waals surface area contributed by atoms with Crippen LogP contribution in [0.4, 0.5) is 4.39 Å². The maximum absolute atomic E-state index is 13.4. The Balaban J connectivity index is 1.75. The quantitative estimate of drug-likeness (QED) is 0.938. The Bertz CT molecular complexity index is 598. The molecule has 20 heavy (non-hydrogen) atoms. The molecule has 5 nitrogen and oxygen atoms in total. The summed E-state index contributed by atoms with van der Waals surface area (Å²) >= 11 is 5.93. The van der Waals surface area contributed by atoms with Crippen LogP contribution in [0.2, 0.25) is 5.02 Å². The molecule has 1 atom stereocenters. The highest BCUT2D eigenvalue weighted by Crippen LogP contribution is 2.20. The van der Waals surface area contributed by atoms with Crippen molar-refractivity contribution in [2.24, 2.45) is 0 Å². The summed E-state index contributed by atoms with van der Waals surface area (Å²) in [5.41, 5.74) is 0.677. The summed E-state index contributed by atoms with van der Waals surface area (Å²) < 4.78 is 20.4. The molecule has 1 aliphatic rings. The molecular weight excluding hydrogens is 283 g/mol. The molecule has 0 radical (unpaired) electrons. The summed E-state index contributed by atoms with van der Waals surface area (Å²) in [6.45, 7) is 2.44. The summed E-state index contributed by atoms with van der Waals surface area (Å²) in [5, 5.41) is 7.79. The molecule has 1 saturated heterocycles. The SMILES string of the molecule is Fc1cccc(Cn2cnc(C3COCCN3)n2)c1Cl. The van der Waals surface area contributed by atoms with Crippen molar-refractivity contribution in [1.82, 2.24) is 20.1 Å². The van der Waals surface area contributed by atoms with Gasteiger partial charge in [-0.25, -0.2) is 14.1 Å². The van der Waals surface area contributed by atoms with E-state index in [1.807, 2.05) is 0 Å². The normalized spacial score (nSPS) is 19.2. The molecule has 0 bridgehead atoms. The summed E-state index contributed by atoms with van der Waals surface area (Å²) in [5.74, 6) is 0.254. The van der Waals surface area contributed by atoms with E-state index in [-0.39, 0.29) is 11.1 Å². The van der Waals surface area contributed by atoms with Gasteiger partial charge in [0, 0.05) is 6.54 Å². The standard InChI is InChI=1S/C13H14ClFN4O/c14-12-9(2-1-3-10(12)15)6-19-8-17-13(18-19)11-7-20-5-4-16-11/h1-3,8,11,16H,4-7H2. The molecule has 106 valence electrons. The average Bonchev–Trinajstić information content (AvgIpc) is 2.93. The zero-order valence-corrected chi connectivity index (χ0v) is 11.5. The van der Waals surface area contributed by atoms with E-state index in [1.54, 1.807) is 23.1 Å². The molecule has 0 spiro atoms.